The summed E-state index contributed by atoms with van der Waals surface area (Å²) >= 11 is 0. The van der Waals surface area contributed by atoms with E-state index in [1.54, 1.807) is 0 Å². The van der Waals surface area contributed by atoms with Crippen molar-refractivity contribution < 1.29 is 28.6 Å². The van der Waals surface area contributed by atoms with Crippen LogP contribution < -0.4 is 0 Å². The molecule has 0 aliphatic carbocycles. The minimum atomic E-state index is -0.767. The summed E-state index contributed by atoms with van der Waals surface area (Å²) in [6, 6.07) is 0. The average Bonchev–Trinajstić information content (AvgIpc) is 3.28. The van der Waals surface area contributed by atoms with Crippen LogP contribution in [0, 0.1) is 0 Å². The second-order valence-electron chi connectivity index (χ2n) is 19.2. The van der Waals surface area contributed by atoms with Gasteiger partial charge in [0.1, 0.15) is 13.2 Å². The fourth-order valence-corrected chi connectivity index (χ4v) is 8.50. The number of hydrogen-bond acceptors (Lipinski definition) is 6. The Morgan fingerprint density at radius 2 is 0.524 bits per heavy atom. The van der Waals surface area contributed by atoms with Gasteiger partial charge in [-0.05, 0) is 44.9 Å². The van der Waals surface area contributed by atoms with E-state index in [-0.39, 0.29) is 31.1 Å². The molecule has 372 valence electrons. The Hall–Kier alpha value is -1.85. The summed E-state index contributed by atoms with van der Waals surface area (Å²) in [5, 5.41) is 0. The average molecular weight is 889 g/mol. The second-order valence-corrected chi connectivity index (χ2v) is 19.2. The molecular formula is C57H108O6. The van der Waals surface area contributed by atoms with E-state index in [9.17, 15) is 14.4 Å². The van der Waals surface area contributed by atoms with Crippen LogP contribution in [0.1, 0.15) is 316 Å². The number of esters is 3. The Labute approximate surface area is 392 Å². The lowest BCUT2D eigenvalue weighted by molar-refractivity contribution is -0.167. The molecule has 1 atom stereocenters. The van der Waals surface area contributed by atoms with Gasteiger partial charge in [-0.1, -0.05) is 264 Å². The van der Waals surface area contributed by atoms with E-state index in [0.29, 0.717) is 19.3 Å². The van der Waals surface area contributed by atoms with E-state index in [4.69, 9.17) is 14.2 Å². The minimum Gasteiger partial charge on any atom is -0.462 e. The summed E-state index contributed by atoms with van der Waals surface area (Å²) in [5.41, 5.74) is 0. The molecule has 0 rings (SSSR count). The predicted molar refractivity (Wildman–Crippen MR) is 270 cm³/mol. The Bertz CT molecular complexity index is 978. The van der Waals surface area contributed by atoms with Gasteiger partial charge in [-0.2, -0.15) is 0 Å². The van der Waals surface area contributed by atoms with Crippen LogP contribution in [0.15, 0.2) is 12.2 Å². The molecule has 6 nitrogen and oxygen atoms in total. The van der Waals surface area contributed by atoms with Crippen LogP contribution in [0.4, 0.5) is 0 Å². The highest BCUT2D eigenvalue weighted by molar-refractivity contribution is 5.71. The Kier molecular flexibility index (Phi) is 51.2. The van der Waals surface area contributed by atoms with Gasteiger partial charge in [0.25, 0.3) is 0 Å². The van der Waals surface area contributed by atoms with Gasteiger partial charge in [-0.15, -0.1) is 0 Å². The number of allylic oxidation sites excluding steroid dienone is 2. The lowest BCUT2D eigenvalue weighted by Gasteiger charge is -2.18. The van der Waals surface area contributed by atoms with Gasteiger partial charge >= 0.3 is 17.9 Å². The molecule has 0 aromatic rings. The quantitative estimate of drug-likeness (QED) is 0.0262. The van der Waals surface area contributed by atoms with Crippen molar-refractivity contribution in [2.24, 2.45) is 0 Å². The van der Waals surface area contributed by atoms with Gasteiger partial charge in [-0.25, -0.2) is 0 Å². The zero-order chi connectivity index (χ0) is 45.8. The molecule has 1 unspecified atom stereocenters. The van der Waals surface area contributed by atoms with Crippen LogP contribution in [-0.4, -0.2) is 37.2 Å². The van der Waals surface area contributed by atoms with Crippen LogP contribution in [0.5, 0.6) is 0 Å². The fraction of sp³-hybridized carbons (Fsp3) is 0.912. The topological polar surface area (TPSA) is 78.9 Å². The van der Waals surface area contributed by atoms with E-state index >= 15 is 0 Å². The fourth-order valence-electron chi connectivity index (χ4n) is 8.50. The standard InChI is InChI=1S/C57H108O6/c1-4-7-10-13-16-19-21-23-24-25-26-27-28-29-30-31-32-34-35-38-41-44-47-50-56(59)62-53-54(52-61-55(58)49-46-43-40-37-18-15-12-9-6-3)63-57(60)51-48-45-42-39-36-33-22-20-17-14-11-8-5-2/h20,22,54H,4-19,21,23-53H2,1-3H3/b22-20-. The molecule has 0 fully saturated rings. The molecule has 0 heterocycles. The number of rotatable bonds is 52. The molecule has 0 spiro atoms. The van der Waals surface area contributed by atoms with Gasteiger partial charge in [-0.3, -0.25) is 14.4 Å². The number of hydrogen-bond donors (Lipinski definition) is 0. The summed E-state index contributed by atoms with van der Waals surface area (Å²) in [7, 11) is 0. The maximum Gasteiger partial charge on any atom is 0.306 e. The van der Waals surface area contributed by atoms with E-state index in [2.05, 4.69) is 32.9 Å². The number of carbonyl (C=O) groups is 3. The maximum absolute atomic E-state index is 12.8. The number of unbranched alkanes of at least 4 members (excludes halogenated alkanes) is 39. The highest BCUT2D eigenvalue weighted by Crippen LogP contribution is 2.17. The van der Waals surface area contributed by atoms with E-state index in [1.165, 1.54) is 212 Å². The summed E-state index contributed by atoms with van der Waals surface area (Å²) < 4.78 is 16.8. The molecule has 0 aliphatic rings. The Morgan fingerprint density at radius 3 is 0.810 bits per heavy atom. The zero-order valence-corrected chi connectivity index (χ0v) is 42.6. The predicted octanol–water partition coefficient (Wildman–Crippen LogP) is 18.5. The van der Waals surface area contributed by atoms with Crippen LogP contribution in [0.25, 0.3) is 0 Å². The van der Waals surface area contributed by atoms with Gasteiger partial charge in [0.15, 0.2) is 6.10 Å². The first-order valence-electron chi connectivity index (χ1n) is 28.2. The first kappa shape index (κ1) is 61.1. The summed E-state index contributed by atoms with van der Waals surface area (Å²) in [5.74, 6) is -0.861. The maximum atomic E-state index is 12.8. The van der Waals surface area contributed by atoms with Crippen molar-refractivity contribution in [1.82, 2.24) is 0 Å². The van der Waals surface area contributed by atoms with E-state index in [1.807, 2.05) is 0 Å². The van der Waals surface area contributed by atoms with Crippen molar-refractivity contribution in [3.63, 3.8) is 0 Å². The van der Waals surface area contributed by atoms with Crippen LogP contribution in [0.2, 0.25) is 0 Å². The van der Waals surface area contributed by atoms with Crippen LogP contribution in [0.3, 0.4) is 0 Å². The third-order valence-corrected chi connectivity index (χ3v) is 12.8. The number of carbonyl (C=O) groups excluding carboxylic acids is 3. The molecule has 0 saturated heterocycles. The molecule has 0 bridgehead atoms. The summed E-state index contributed by atoms with van der Waals surface area (Å²) in [6.45, 7) is 6.64. The third-order valence-electron chi connectivity index (χ3n) is 12.8. The molecule has 0 amide bonds. The van der Waals surface area contributed by atoms with Crippen molar-refractivity contribution in [3.05, 3.63) is 12.2 Å². The van der Waals surface area contributed by atoms with Gasteiger partial charge in [0.05, 0.1) is 0 Å². The van der Waals surface area contributed by atoms with E-state index < -0.39 is 6.10 Å². The molecule has 0 aliphatic heterocycles. The Balaban J connectivity index is 4.15. The van der Waals surface area contributed by atoms with Crippen molar-refractivity contribution in [3.8, 4) is 0 Å². The first-order chi connectivity index (χ1) is 31.0. The molecule has 6 heteroatoms. The second kappa shape index (κ2) is 52.8. The third kappa shape index (κ3) is 51.0. The summed E-state index contributed by atoms with van der Waals surface area (Å²) in [6.07, 6.45) is 59.3. The molecule has 0 N–H and O–H groups in total. The van der Waals surface area contributed by atoms with E-state index in [0.717, 1.165) is 64.2 Å². The molecule has 63 heavy (non-hydrogen) atoms. The normalized spacial score (nSPS) is 12.0. The largest absolute Gasteiger partial charge is 0.462 e. The lowest BCUT2D eigenvalue weighted by atomic mass is 10.0. The van der Waals surface area contributed by atoms with Crippen molar-refractivity contribution in [2.45, 2.75) is 322 Å². The lowest BCUT2D eigenvalue weighted by Crippen LogP contribution is -2.30. The molecule has 0 radical (unpaired) electrons. The van der Waals surface area contributed by atoms with Crippen molar-refractivity contribution in [2.75, 3.05) is 13.2 Å². The highest BCUT2D eigenvalue weighted by atomic mass is 16.6. The zero-order valence-electron chi connectivity index (χ0n) is 42.6. The SMILES string of the molecule is CCCCCC/C=C\CCCCCCCC(=O)OC(COC(=O)CCCCCCCCCCC)COC(=O)CCCCCCCCCCCCCCCCCCCCCCCCC. The van der Waals surface area contributed by atoms with Crippen LogP contribution >= 0.6 is 0 Å². The monoisotopic (exact) mass is 889 g/mol. The first-order valence-corrected chi connectivity index (χ1v) is 28.2. The van der Waals surface area contributed by atoms with Gasteiger partial charge < -0.3 is 14.2 Å². The van der Waals surface area contributed by atoms with Gasteiger partial charge in [0.2, 0.25) is 0 Å². The Morgan fingerprint density at radius 1 is 0.302 bits per heavy atom. The smallest absolute Gasteiger partial charge is 0.306 e. The van der Waals surface area contributed by atoms with Crippen LogP contribution in [-0.2, 0) is 28.6 Å². The van der Waals surface area contributed by atoms with Crippen molar-refractivity contribution in [1.29, 1.82) is 0 Å². The molecule has 0 saturated carbocycles. The van der Waals surface area contributed by atoms with Crippen molar-refractivity contribution >= 4 is 17.9 Å². The number of ether oxygens (including phenoxy) is 3. The highest BCUT2D eigenvalue weighted by Gasteiger charge is 2.19. The summed E-state index contributed by atoms with van der Waals surface area (Å²) in [4.78, 5) is 37.9. The molecule has 0 aromatic heterocycles. The van der Waals surface area contributed by atoms with Gasteiger partial charge in [0, 0.05) is 19.3 Å². The minimum absolute atomic E-state index is 0.0681. The molecule has 0 aromatic carbocycles. The molecular weight excluding hydrogens is 781 g/mol.